The molecule has 1 aliphatic heterocycles. The number of unbranched alkanes of at least 4 members (excludes halogenated alkanes) is 1. The maximum atomic E-state index is 12.2. The van der Waals surface area contributed by atoms with E-state index in [0.29, 0.717) is 36.3 Å². The number of carbonyl (C=O) groups is 2. The van der Waals surface area contributed by atoms with E-state index in [-0.39, 0.29) is 17.9 Å². The number of hydrogen-bond donors (Lipinski definition) is 2. The number of nitrogens with zero attached hydrogens (tertiary/aromatic N) is 1. The summed E-state index contributed by atoms with van der Waals surface area (Å²) in [6.07, 6.45) is 3.62. The maximum absolute atomic E-state index is 12.2. The highest BCUT2D eigenvalue weighted by molar-refractivity contribution is 8.04. The van der Waals surface area contributed by atoms with Crippen LogP contribution in [0.1, 0.15) is 29.6 Å². The molecular formula is C17H20N2O4S. The van der Waals surface area contributed by atoms with Gasteiger partial charge in [-0.25, -0.2) is 0 Å². The van der Waals surface area contributed by atoms with Gasteiger partial charge in [0.05, 0.1) is 13.2 Å². The summed E-state index contributed by atoms with van der Waals surface area (Å²) in [5.74, 6) is 0.173. The van der Waals surface area contributed by atoms with Crippen molar-refractivity contribution in [2.75, 3.05) is 12.9 Å². The lowest BCUT2D eigenvalue weighted by molar-refractivity contribution is -0.140. The number of rotatable bonds is 6. The van der Waals surface area contributed by atoms with Gasteiger partial charge < -0.3 is 15.3 Å². The van der Waals surface area contributed by atoms with Crippen LogP contribution in [0.3, 0.4) is 0 Å². The summed E-state index contributed by atoms with van der Waals surface area (Å²) < 4.78 is 4.59. The number of esters is 1. The Morgan fingerprint density at radius 1 is 1.42 bits per heavy atom. The first-order valence-electron chi connectivity index (χ1n) is 7.63. The van der Waals surface area contributed by atoms with Gasteiger partial charge in [0.1, 0.15) is 5.71 Å². The van der Waals surface area contributed by atoms with Gasteiger partial charge in [0.2, 0.25) is 0 Å². The Kier molecular flexibility index (Phi) is 6.87. The van der Waals surface area contributed by atoms with Crippen LogP contribution >= 0.6 is 11.8 Å². The molecule has 1 atom stereocenters. The van der Waals surface area contributed by atoms with Crippen molar-refractivity contribution in [2.45, 2.75) is 25.3 Å². The van der Waals surface area contributed by atoms with Crippen molar-refractivity contribution in [1.82, 2.24) is 5.32 Å². The smallest absolute Gasteiger partial charge is 0.305 e. The minimum absolute atomic E-state index is 0.200. The van der Waals surface area contributed by atoms with Gasteiger partial charge in [0.15, 0.2) is 0 Å². The zero-order chi connectivity index (χ0) is 17.4. The molecule has 128 valence electrons. The molecule has 1 heterocycles. The summed E-state index contributed by atoms with van der Waals surface area (Å²) in [6.45, 7) is 0. The van der Waals surface area contributed by atoms with E-state index in [4.69, 9.17) is 0 Å². The van der Waals surface area contributed by atoms with E-state index >= 15 is 0 Å². The van der Waals surface area contributed by atoms with E-state index in [1.165, 1.54) is 18.9 Å². The summed E-state index contributed by atoms with van der Waals surface area (Å²) in [5.41, 5.74) is 1.03. The van der Waals surface area contributed by atoms with Crippen molar-refractivity contribution in [1.29, 1.82) is 0 Å². The normalized spacial score (nSPS) is 20.3. The van der Waals surface area contributed by atoms with Crippen molar-refractivity contribution >= 4 is 29.4 Å². The Hall–Kier alpha value is -2.28. The minimum Gasteiger partial charge on any atom is -0.469 e. The molecule has 0 radical (unpaired) electrons. The number of methoxy groups -OCH3 is 1. The Balaban J connectivity index is 1.92. The quantitative estimate of drug-likeness (QED) is 0.357. The molecule has 1 saturated heterocycles. The SMILES string of the molecule is COC(=O)CCC/C=C1\SCC(NC(=O)c2ccccc2)\C1=N\O. The predicted molar refractivity (Wildman–Crippen MR) is 93.3 cm³/mol. The summed E-state index contributed by atoms with van der Waals surface area (Å²) in [4.78, 5) is 24.1. The van der Waals surface area contributed by atoms with Gasteiger partial charge in [-0.1, -0.05) is 29.4 Å². The second kappa shape index (κ2) is 9.12. The fourth-order valence-electron chi connectivity index (χ4n) is 2.30. The first kappa shape index (κ1) is 18.1. The van der Waals surface area contributed by atoms with Crippen LogP contribution in [0.4, 0.5) is 0 Å². The highest BCUT2D eigenvalue weighted by Gasteiger charge is 2.30. The summed E-state index contributed by atoms with van der Waals surface area (Å²) in [6, 6.07) is 8.57. The molecular weight excluding hydrogens is 328 g/mol. The third kappa shape index (κ3) is 4.86. The van der Waals surface area contributed by atoms with E-state index < -0.39 is 0 Å². The van der Waals surface area contributed by atoms with Crippen LogP contribution < -0.4 is 5.32 Å². The lowest BCUT2D eigenvalue weighted by Gasteiger charge is -2.12. The Morgan fingerprint density at radius 2 is 2.17 bits per heavy atom. The van der Waals surface area contributed by atoms with Crippen LogP contribution in [0.2, 0.25) is 0 Å². The summed E-state index contributed by atoms with van der Waals surface area (Å²) in [7, 11) is 1.37. The van der Waals surface area contributed by atoms with Gasteiger partial charge in [-0.05, 0) is 25.0 Å². The van der Waals surface area contributed by atoms with Crippen molar-refractivity contribution in [3.8, 4) is 0 Å². The largest absolute Gasteiger partial charge is 0.469 e. The first-order valence-corrected chi connectivity index (χ1v) is 8.62. The number of hydrogen-bond acceptors (Lipinski definition) is 6. The molecule has 1 amide bonds. The van der Waals surface area contributed by atoms with Crippen molar-refractivity contribution in [3.63, 3.8) is 0 Å². The third-order valence-electron chi connectivity index (χ3n) is 3.58. The van der Waals surface area contributed by atoms with Crippen LogP contribution in [0.5, 0.6) is 0 Å². The zero-order valence-corrected chi connectivity index (χ0v) is 14.2. The van der Waals surface area contributed by atoms with Crippen molar-refractivity contribution in [2.24, 2.45) is 5.16 Å². The predicted octanol–water partition coefficient (Wildman–Crippen LogP) is 2.59. The van der Waals surface area contributed by atoms with Crippen LogP contribution in [0.15, 0.2) is 46.5 Å². The molecule has 6 nitrogen and oxygen atoms in total. The molecule has 1 aromatic carbocycles. The molecule has 2 rings (SSSR count). The van der Waals surface area contributed by atoms with E-state index in [9.17, 15) is 14.8 Å². The number of nitrogens with one attached hydrogen (secondary N) is 1. The lowest BCUT2D eigenvalue weighted by Crippen LogP contribution is -2.39. The van der Waals surface area contributed by atoms with Gasteiger partial charge in [-0.3, -0.25) is 9.59 Å². The summed E-state index contributed by atoms with van der Waals surface area (Å²) in [5, 5.41) is 15.5. The van der Waals surface area contributed by atoms with E-state index in [2.05, 4.69) is 15.2 Å². The second-order valence-corrected chi connectivity index (χ2v) is 6.29. The number of carbonyl (C=O) groups excluding carboxylic acids is 2. The van der Waals surface area contributed by atoms with Gasteiger partial charge in [-0.2, -0.15) is 0 Å². The number of amides is 1. The monoisotopic (exact) mass is 348 g/mol. The van der Waals surface area contributed by atoms with Crippen LogP contribution in [-0.4, -0.2) is 41.7 Å². The molecule has 0 aromatic heterocycles. The number of allylic oxidation sites excluding steroid dienone is 1. The lowest BCUT2D eigenvalue weighted by atomic mass is 10.1. The molecule has 1 fully saturated rings. The number of thioether (sulfide) groups is 1. The first-order chi connectivity index (χ1) is 11.7. The summed E-state index contributed by atoms with van der Waals surface area (Å²) >= 11 is 1.52. The van der Waals surface area contributed by atoms with Crippen LogP contribution in [0.25, 0.3) is 0 Å². The van der Waals surface area contributed by atoms with Crippen LogP contribution in [-0.2, 0) is 9.53 Å². The molecule has 24 heavy (non-hydrogen) atoms. The Morgan fingerprint density at radius 3 is 2.83 bits per heavy atom. The van der Waals surface area contributed by atoms with Crippen LogP contribution in [0, 0.1) is 0 Å². The minimum atomic E-state index is -0.334. The maximum Gasteiger partial charge on any atom is 0.305 e. The second-order valence-electron chi connectivity index (χ2n) is 5.23. The standard InChI is InChI=1S/C17H20N2O4S/c1-23-15(20)10-6-5-9-14-16(19-22)13(11-24-14)18-17(21)12-7-3-2-4-8-12/h2-4,7-9,13,22H,5-6,10-11H2,1H3,(H,18,21)/b14-9-,19-16-. The van der Waals surface area contributed by atoms with Gasteiger partial charge in [0, 0.05) is 22.6 Å². The van der Waals surface area contributed by atoms with Crippen molar-refractivity contribution < 1.29 is 19.5 Å². The van der Waals surface area contributed by atoms with E-state index in [1.54, 1.807) is 24.3 Å². The molecule has 0 spiro atoms. The number of benzene rings is 1. The molecule has 1 unspecified atom stereocenters. The Labute approximate surface area is 145 Å². The number of oxime groups is 1. The van der Waals surface area contributed by atoms with Crippen molar-refractivity contribution in [3.05, 3.63) is 46.9 Å². The molecule has 1 aromatic rings. The van der Waals surface area contributed by atoms with Gasteiger partial charge >= 0.3 is 5.97 Å². The molecule has 0 saturated carbocycles. The molecule has 2 N–H and O–H groups in total. The molecule has 0 aliphatic carbocycles. The zero-order valence-electron chi connectivity index (χ0n) is 13.4. The Bertz CT molecular complexity index is 643. The fourth-order valence-corrected chi connectivity index (χ4v) is 3.46. The number of ether oxygens (including phenoxy) is 1. The van der Waals surface area contributed by atoms with E-state index in [1.807, 2.05) is 12.1 Å². The van der Waals surface area contributed by atoms with Gasteiger partial charge in [-0.15, -0.1) is 11.8 Å². The average Bonchev–Trinajstić information content (AvgIpc) is 3.00. The molecule has 0 bridgehead atoms. The average molecular weight is 348 g/mol. The topological polar surface area (TPSA) is 88.0 Å². The highest BCUT2D eigenvalue weighted by Crippen LogP contribution is 2.29. The fraction of sp³-hybridized carbons (Fsp3) is 0.353. The highest BCUT2D eigenvalue weighted by atomic mass is 32.2. The molecule has 7 heteroatoms. The molecule has 1 aliphatic rings. The third-order valence-corrected chi connectivity index (χ3v) is 4.77. The van der Waals surface area contributed by atoms with E-state index in [0.717, 1.165) is 4.91 Å². The van der Waals surface area contributed by atoms with Gasteiger partial charge in [0.25, 0.3) is 5.91 Å².